The normalized spacial score (nSPS) is 22.3. The van der Waals surface area contributed by atoms with Crippen molar-refractivity contribution in [1.29, 1.82) is 0 Å². The zero-order chi connectivity index (χ0) is 10.6. The lowest BCUT2D eigenvalue weighted by Gasteiger charge is -2.17. The van der Waals surface area contributed by atoms with Gasteiger partial charge in [-0.15, -0.1) is 12.4 Å². The molecule has 1 fully saturated rings. The Morgan fingerprint density at radius 1 is 1.67 bits per heavy atom. The number of likely N-dealkylation sites (tertiary alicyclic amines) is 1. The Bertz CT molecular complexity index is 200. The molecule has 0 aromatic heterocycles. The minimum atomic E-state index is 0. The van der Waals surface area contributed by atoms with Gasteiger partial charge in [0.2, 0.25) is 5.91 Å². The largest absolute Gasteiger partial charge is 0.372 e. The number of hydrogen-bond donors (Lipinski definition) is 1. The van der Waals surface area contributed by atoms with Gasteiger partial charge in [-0.25, -0.2) is 0 Å². The molecule has 1 aliphatic rings. The van der Waals surface area contributed by atoms with E-state index in [9.17, 15) is 4.79 Å². The van der Waals surface area contributed by atoms with Crippen LogP contribution in [-0.2, 0) is 9.53 Å². The van der Waals surface area contributed by atoms with Crippen molar-refractivity contribution in [2.24, 2.45) is 11.7 Å². The number of nitrogens with zero attached hydrogens (tertiary/aromatic N) is 1. The molecule has 1 aliphatic heterocycles. The molecule has 1 amide bonds. The predicted octanol–water partition coefficient (Wildman–Crippen LogP) is 0.640. The van der Waals surface area contributed by atoms with Gasteiger partial charge in [0.1, 0.15) is 6.61 Å². The highest BCUT2D eigenvalue weighted by atomic mass is 35.5. The predicted molar refractivity (Wildman–Crippen MR) is 62.1 cm³/mol. The summed E-state index contributed by atoms with van der Waals surface area (Å²) < 4.78 is 5.08. The second-order valence-electron chi connectivity index (χ2n) is 3.88. The summed E-state index contributed by atoms with van der Waals surface area (Å²) in [5.74, 6) is 0.551. The van der Waals surface area contributed by atoms with Crippen molar-refractivity contribution >= 4 is 18.3 Å². The fourth-order valence-electron chi connectivity index (χ4n) is 1.72. The van der Waals surface area contributed by atoms with Crippen LogP contribution in [0.1, 0.15) is 20.3 Å². The SMILES string of the molecule is CCOCC(=O)N1CCC(C(C)N)C1.Cl. The Labute approximate surface area is 97.5 Å². The zero-order valence-electron chi connectivity index (χ0n) is 9.44. The van der Waals surface area contributed by atoms with Crippen LogP contribution in [0, 0.1) is 5.92 Å². The van der Waals surface area contributed by atoms with Crippen LogP contribution in [0.15, 0.2) is 0 Å². The third kappa shape index (κ3) is 4.36. The van der Waals surface area contributed by atoms with Crippen molar-refractivity contribution in [2.75, 3.05) is 26.3 Å². The molecule has 1 saturated heterocycles. The molecule has 90 valence electrons. The monoisotopic (exact) mass is 236 g/mol. The Morgan fingerprint density at radius 3 is 2.80 bits per heavy atom. The topological polar surface area (TPSA) is 55.6 Å². The first-order valence-electron chi connectivity index (χ1n) is 5.26. The highest BCUT2D eigenvalue weighted by Gasteiger charge is 2.27. The molecule has 2 unspecified atom stereocenters. The van der Waals surface area contributed by atoms with E-state index in [4.69, 9.17) is 10.5 Å². The van der Waals surface area contributed by atoms with E-state index in [1.165, 1.54) is 0 Å². The average Bonchev–Trinajstić information content (AvgIpc) is 2.62. The van der Waals surface area contributed by atoms with E-state index in [-0.39, 0.29) is 31.0 Å². The van der Waals surface area contributed by atoms with E-state index in [2.05, 4.69) is 0 Å². The molecule has 4 nitrogen and oxygen atoms in total. The van der Waals surface area contributed by atoms with E-state index in [1.807, 2.05) is 18.7 Å². The molecule has 2 atom stereocenters. The van der Waals surface area contributed by atoms with E-state index >= 15 is 0 Å². The molecule has 5 heteroatoms. The number of nitrogens with two attached hydrogens (primary N) is 1. The lowest BCUT2D eigenvalue weighted by molar-refractivity contribution is -0.135. The van der Waals surface area contributed by atoms with Gasteiger partial charge in [0, 0.05) is 25.7 Å². The van der Waals surface area contributed by atoms with Gasteiger partial charge in [0.25, 0.3) is 0 Å². The summed E-state index contributed by atoms with van der Waals surface area (Å²) in [6, 6.07) is 0.180. The number of carbonyl (C=O) groups excluding carboxylic acids is 1. The van der Waals surface area contributed by atoms with Crippen LogP contribution < -0.4 is 5.73 Å². The van der Waals surface area contributed by atoms with Crippen LogP contribution in [0.5, 0.6) is 0 Å². The second-order valence-corrected chi connectivity index (χ2v) is 3.88. The highest BCUT2D eigenvalue weighted by Crippen LogP contribution is 2.18. The van der Waals surface area contributed by atoms with Crippen molar-refractivity contribution in [1.82, 2.24) is 4.90 Å². The van der Waals surface area contributed by atoms with Gasteiger partial charge in [-0.2, -0.15) is 0 Å². The van der Waals surface area contributed by atoms with Crippen molar-refractivity contribution in [3.8, 4) is 0 Å². The summed E-state index contributed by atoms with van der Waals surface area (Å²) in [5, 5.41) is 0. The van der Waals surface area contributed by atoms with Crippen LogP contribution in [0.2, 0.25) is 0 Å². The number of rotatable bonds is 4. The summed E-state index contributed by atoms with van der Waals surface area (Å²) in [4.78, 5) is 13.4. The van der Waals surface area contributed by atoms with Gasteiger partial charge >= 0.3 is 0 Å². The maximum absolute atomic E-state index is 11.5. The van der Waals surface area contributed by atoms with Crippen molar-refractivity contribution in [2.45, 2.75) is 26.3 Å². The van der Waals surface area contributed by atoms with Crippen LogP contribution in [0.25, 0.3) is 0 Å². The standard InChI is InChI=1S/C10H20N2O2.ClH/c1-3-14-7-10(13)12-5-4-9(6-12)8(2)11;/h8-9H,3-7,11H2,1-2H3;1H. The number of hydrogen-bond acceptors (Lipinski definition) is 3. The van der Waals surface area contributed by atoms with E-state index in [1.54, 1.807) is 0 Å². The molecule has 1 rings (SSSR count). The molecule has 0 radical (unpaired) electrons. The van der Waals surface area contributed by atoms with E-state index in [0.29, 0.717) is 12.5 Å². The first-order chi connectivity index (χ1) is 6.65. The summed E-state index contributed by atoms with van der Waals surface area (Å²) in [7, 11) is 0. The van der Waals surface area contributed by atoms with Crippen LogP contribution in [0.3, 0.4) is 0 Å². The lowest BCUT2D eigenvalue weighted by Crippen LogP contribution is -2.34. The van der Waals surface area contributed by atoms with Crippen molar-refractivity contribution < 1.29 is 9.53 Å². The summed E-state index contributed by atoms with van der Waals surface area (Å²) in [6.45, 7) is 6.32. The third-order valence-corrected chi connectivity index (χ3v) is 2.75. The van der Waals surface area contributed by atoms with Gasteiger partial charge in [-0.1, -0.05) is 0 Å². The molecule has 2 N–H and O–H groups in total. The molecule has 0 aromatic carbocycles. The number of halogens is 1. The zero-order valence-corrected chi connectivity index (χ0v) is 10.3. The number of ether oxygens (including phenoxy) is 1. The van der Waals surface area contributed by atoms with Crippen LogP contribution in [0.4, 0.5) is 0 Å². The fraction of sp³-hybridized carbons (Fsp3) is 0.900. The Kier molecular flexibility index (Phi) is 6.89. The summed E-state index contributed by atoms with van der Waals surface area (Å²) in [6.07, 6.45) is 1.02. The van der Waals surface area contributed by atoms with Gasteiger partial charge in [-0.05, 0) is 26.2 Å². The minimum absolute atomic E-state index is 0. The maximum Gasteiger partial charge on any atom is 0.248 e. The van der Waals surface area contributed by atoms with Gasteiger partial charge in [-0.3, -0.25) is 4.79 Å². The van der Waals surface area contributed by atoms with Crippen LogP contribution >= 0.6 is 12.4 Å². The molecule has 0 bridgehead atoms. The Balaban J connectivity index is 0.00000196. The molecular weight excluding hydrogens is 216 g/mol. The molecule has 0 spiro atoms. The van der Waals surface area contributed by atoms with Gasteiger partial charge in [0.15, 0.2) is 0 Å². The molecule has 0 aromatic rings. The summed E-state index contributed by atoms with van der Waals surface area (Å²) in [5.41, 5.74) is 5.79. The van der Waals surface area contributed by atoms with Gasteiger partial charge < -0.3 is 15.4 Å². The Hall–Kier alpha value is -0.320. The number of amides is 1. The van der Waals surface area contributed by atoms with E-state index < -0.39 is 0 Å². The molecular formula is C10H21ClN2O2. The van der Waals surface area contributed by atoms with Gasteiger partial charge in [0.05, 0.1) is 0 Å². The smallest absolute Gasteiger partial charge is 0.248 e. The first kappa shape index (κ1) is 14.7. The number of carbonyl (C=O) groups is 1. The quantitative estimate of drug-likeness (QED) is 0.780. The van der Waals surface area contributed by atoms with E-state index in [0.717, 1.165) is 19.5 Å². The van der Waals surface area contributed by atoms with Crippen molar-refractivity contribution in [3.05, 3.63) is 0 Å². The lowest BCUT2D eigenvalue weighted by atomic mass is 10.0. The highest BCUT2D eigenvalue weighted by molar-refractivity contribution is 5.85. The van der Waals surface area contributed by atoms with Crippen molar-refractivity contribution in [3.63, 3.8) is 0 Å². The average molecular weight is 237 g/mol. The molecule has 0 aliphatic carbocycles. The molecule has 0 saturated carbocycles. The minimum Gasteiger partial charge on any atom is -0.372 e. The fourth-order valence-corrected chi connectivity index (χ4v) is 1.72. The maximum atomic E-state index is 11.5. The first-order valence-corrected chi connectivity index (χ1v) is 5.26. The molecule has 1 heterocycles. The third-order valence-electron chi connectivity index (χ3n) is 2.75. The van der Waals surface area contributed by atoms with Crippen LogP contribution in [-0.4, -0.2) is 43.2 Å². The summed E-state index contributed by atoms with van der Waals surface area (Å²) >= 11 is 0. The second kappa shape index (κ2) is 7.04. The molecule has 15 heavy (non-hydrogen) atoms. The Morgan fingerprint density at radius 2 is 2.33 bits per heavy atom.